The van der Waals surface area contributed by atoms with Gasteiger partial charge in [0.2, 0.25) is 17.7 Å². The Hall–Kier alpha value is -4.73. The van der Waals surface area contributed by atoms with Gasteiger partial charge in [-0.3, -0.25) is 14.4 Å². The summed E-state index contributed by atoms with van der Waals surface area (Å²) in [6.07, 6.45) is 9.47. The molecular formula is C31H35N7O3. The minimum atomic E-state index is -0.534. The highest BCUT2D eigenvalue weighted by Crippen LogP contribution is 2.32. The van der Waals surface area contributed by atoms with Crippen LogP contribution in [0.5, 0.6) is 0 Å². The number of carbonyl (C=O) groups is 3. The van der Waals surface area contributed by atoms with E-state index in [4.69, 9.17) is 4.98 Å². The number of fused-ring (bicyclic) bond motifs is 1. The molecule has 41 heavy (non-hydrogen) atoms. The molecule has 1 aliphatic heterocycles. The highest BCUT2D eigenvalue weighted by molar-refractivity contribution is 6.01. The van der Waals surface area contributed by atoms with Gasteiger partial charge in [-0.15, -0.1) is 0 Å². The third-order valence-electron chi connectivity index (χ3n) is 7.50. The predicted octanol–water partition coefficient (Wildman–Crippen LogP) is 4.28. The SMILES string of the molecule is CNC(=O)CCCCCC(CNC(=O)C1CC(=O)Nc2ccccc21)c1ncc(-c2ccc(-n3cccn3)cc2)[nH]1. The Kier molecular flexibility index (Phi) is 8.88. The Morgan fingerprint density at radius 1 is 1.07 bits per heavy atom. The molecule has 10 nitrogen and oxygen atoms in total. The summed E-state index contributed by atoms with van der Waals surface area (Å²) >= 11 is 0. The van der Waals surface area contributed by atoms with E-state index in [1.807, 2.05) is 67.0 Å². The quantitative estimate of drug-likeness (QED) is 0.194. The molecule has 0 fully saturated rings. The number of hydrogen-bond donors (Lipinski definition) is 4. The molecule has 2 unspecified atom stereocenters. The fraction of sp³-hybridized carbons (Fsp3) is 0.323. The van der Waals surface area contributed by atoms with Gasteiger partial charge in [0, 0.05) is 50.4 Å². The lowest BCUT2D eigenvalue weighted by Crippen LogP contribution is -2.37. The molecule has 0 spiro atoms. The van der Waals surface area contributed by atoms with Crippen molar-refractivity contribution in [1.82, 2.24) is 30.4 Å². The second-order valence-corrected chi connectivity index (χ2v) is 10.3. The van der Waals surface area contributed by atoms with Crippen molar-refractivity contribution in [3.8, 4) is 16.9 Å². The maximum Gasteiger partial charge on any atom is 0.228 e. The van der Waals surface area contributed by atoms with Gasteiger partial charge in [0.15, 0.2) is 0 Å². The largest absolute Gasteiger partial charge is 0.359 e. The third-order valence-corrected chi connectivity index (χ3v) is 7.50. The number of rotatable bonds is 12. The number of benzene rings is 2. The number of anilines is 1. The Morgan fingerprint density at radius 3 is 2.68 bits per heavy atom. The molecule has 2 aromatic heterocycles. The summed E-state index contributed by atoms with van der Waals surface area (Å²) in [6, 6.07) is 17.4. The molecule has 4 aromatic rings. The van der Waals surface area contributed by atoms with Gasteiger partial charge in [-0.1, -0.05) is 43.2 Å². The monoisotopic (exact) mass is 553 g/mol. The van der Waals surface area contributed by atoms with Crippen molar-refractivity contribution in [2.24, 2.45) is 0 Å². The zero-order valence-electron chi connectivity index (χ0n) is 23.1. The van der Waals surface area contributed by atoms with Crippen LogP contribution in [0.15, 0.2) is 73.2 Å². The first-order valence-electron chi connectivity index (χ1n) is 14.0. The summed E-state index contributed by atoms with van der Waals surface area (Å²) < 4.78 is 1.80. The minimum absolute atomic E-state index is 0.0415. The van der Waals surface area contributed by atoms with Gasteiger partial charge < -0.3 is 20.9 Å². The maximum absolute atomic E-state index is 13.3. The lowest BCUT2D eigenvalue weighted by atomic mass is 9.89. The molecule has 0 aliphatic carbocycles. The average Bonchev–Trinajstić information content (AvgIpc) is 3.71. The molecule has 0 bridgehead atoms. The number of imidazole rings is 1. The topological polar surface area (TPSA) is 134 Å². The van der Waals surface area contributed by atoms with Gasteiger partial charge in [0.1, 0.15) is 5.82 Å². The van der Waals surface area contributed by atoms with Gasteiger partial charge >= 0.3 is 0 Å². The fourth-order valence-corrected chi connectivity index (χ4v) is 5.21. The van der Waals surface area contributed by atoms with Gasteiger partial charge in [-0.25, -0.2) is 9.67 Å². The van der Waals surface area contributed by atoms with Crippen molar-refractivity contribution in [3.63, 3.8) is 0 Å². The average molecular weight is 554 g/mol. The van der Waals surface area contributed by atoms with Crippen LogP contribution in [-0.2, 0) is 14.4 Å². The Labute approximate surface area is 239 Å². The number of hydrogen-bond acceptors (Lipinski definition) is 5. The van der Waals surface area contributed by atoms with Crippen LogP contribution in [0.25, 0.3) is 16.9 Å². The highest BCUT2D eigenvalue weighted by Gasteiger charge is 2.31. The van der Waals surface area contributed by atoms with E-state index >= 15 is 0 Å². The fourth-order valence-electron chi connectivity index (χ4n) is 5.21. The summed E-state index contributed by atoms with van der Waals surface area (Å²) in [5.74, 6) is -0.0783. The molecule has 10 heteroatoms. The van der Waals surface area contributed by atoms with E-state index in [9.17, 15) is 14.4 Å². The number of para-hydroxylation sites is 1. The first-order chi connectivity index (χ1) is 20.0. The molecule has 0 radical (unpaired) electrons. The second-order valence-electron chi connectivity index (χ2n) is 10.3. The van der Waals surface area contributed by atoms with Crippen LogP contribution in [0.3, 0.4) is 0 Å². The van der Waals surface area contributed by atoms with Crippen molar-refractivity contribution in [2.75, 3.05) is 18.9 Å². The number of aromatic nitrogens is 4. The number of nitrogens with one attached hydrogen (secondary N) is 4. The molecule has 212 valence electrons. The summed E-state index contributed by atoms with van der Waals surface area (Å²) in [5, 5.41) is 12.9. The number of carbonyl (C=O) groups excluding carboxylic acids is 3. The number of aromatic amines is 1. The molecular weight excluding hydrogens is 518 g/mol. The highest BCUT2D eigenvalue weighted by atomic mass is 16.2. The van der Waals surface area contributed by atoms with Gasteiger partial charge in [0.25, 0.3) is 0 Å². The zero-order chi connectivity index (χ0) is 28.6. The molecule has 2 aromatic carbocycles. The number of unbranched alkanes of at least 4 members (excludes halogenated alkanes) is 2. The predicted molar refractivity (Wildman–Crippen MR) is 156 cm³/mol. The lowest BCUT2D eigenvalue weighted by molar-refractivity contribution is -0.126. The molecule has 0 saturated carbocycles. The standard InChI is InChI=1S/C31H35N7O3/c1-32-28(39)11-4-2-3-8-22(19-34-31(41)25-18-29(40)36-26-10-6-5-9-24(25)26)30-33-20-27(37-30)21-12-14-23(15-13-21)38-17-7-16-35-38/h5-7,9-10,12-17,20,22,25H,2-4,8,11,18-19H2,1H3,(H,32,39)(H,33,37)(H,34,41)(H,36,40). The van der Waals surface area contributed by atoms with E-state index in [1.54, 1.807) is 17.9 Å². The minimum Gasteiger partial charge on any atom is -0.359 e. The van der Waals surface area contributed by atoms with Crippen LogP contribution < -0.4 is 16.0 Å². The van der Waals surface area contributed by atoms with Crippen molar-refractivity contribution < 1.29 is 14.4 Å². The van der Waals surface area contributed by atoms with E-state index in [0.717, 1.165) is 54.0 Å². The van der Waals surface area contributed by atoms with Crippen LogP contribution in [0, 0.1) is 0 Å². The molecule has 0 saturated heterocycles. The van der Waals surface area contributed by atoms with Gasteiger partial charge in [-0.2, -0.15) is 5.10 Å². The van der Waals surface area contributed by atoms with Crippen LogP contribution in [0.2, 0.25) is 0 Å². The van der Waals surface area contributed by atoms with E-state index in [1.165, 1.54) is 0 Å². The van der Waals surface area contributed by atoms with Crippen LogP contribution >= 0.6 is 0 Å². The summed E-state index contributed by atoms with van der Waals surface area (Å²) in [6.45, 7) is 0.389. The number of H-pyrrole nitrogens is 1. The smallest absolute Gasteiger partial charge is 0.228 e. The Bertz CT molecular complexity index is 1480. The van der Waals surface area contributed by atoms with Crippen molar-refractivity contribution >= 4 is 23.4 Å². The molecule has 3 heterocycles. The van der Waals surface area contributed by atoms with Gasteiger partial charge in [-0.05, 0) is 48.2 Å². The van der Waals surface area contributed by atoms with Crippen molar-refractivity contribution in [3.05, 3.63) is 84.6 Å². The van der Waals surface area contributed by atoms with E-state index in [2.05, 4.69) is 26.0 Å². The van der Waals surface area contributed by atoms with E-state index in [0.29, 0.717) is 18.7 Å². The first-order valence-corrected chi connectivity index (χ1v) is 14.0. The van der Waals surface area contributed by atoms with Gasteiger partial charge in [0.05, 0.1) is 23.5 Å². The summed E-state index contributed by atoms with van der Waals surface area (Å²) in [7, 11) is 1.65. The third kappa shape index (κ3) is 6.89. The second kappa shape index (κ2) is 13.1. The van der Waals surface area contributed by atoms with Crippen molar-refractivity contribution in [1.29, 1.82) is 0 Å². The maximum atomic E-state index is 13.3. The first kappa shape index (κ1) is 27.8. The Morgan fingerprint density at radius 2 is 1.90 bits per heavy atom. The molecule has 2 atom stereocenters. The molecule has 5 rings (SSSR count). The van der Waals surface area contributed by atoms with Crippen LogP contribution in [0.4, 0.5) is 5.69 Å². The van der Waals surface area contributed by atoms with Crippen LogP contribution in [0.1, 0.15) is 61.7 Å². The molecule has 1 aliphatic rings. The van der Waals surface area contributed by atoms with Crippen LogP contribution in [-0.4, -0.2) is 51.1 Å². The van der Waals surface area contributed by atoms with E-state index in [-0.39, 0.29) is 30.1 Å². The lowest BCUT2D eigenvalue weighted by Gasteiger charge is -2.25. The van der Waals surface area contributed by atoms with Crippen molar-refractivity contribution in [2.45, 2.75) is 50.4 Å². The summed E-state index contributed by atoms with van der Waals surface area (Å²) in [4.78, 5) is 45.3. The number of nitrogens with zero attached hydrogens (tertiary/aromatic N) is 3. The van der Waals surface area contributed by atoms with E-state index < -0.39 is 5.92 Å². The normalized spacial score (nSPS) is 15.0. The Balaban J connectivity index is 1.27. The molecule has 4 N–H and O–H groups in total. The number of amides is 3. The summed E-state index contributed by atoms with van der Waals surface area (Å²) in [5.41, 5.74) is 4.37. The zero-order valence-corrected chi connectivity index (χ0v) is 23.1. The molecule has 3 amide bonds.